The molecule has 0 bridgehead atoms. The van der Waals surface area contributed by atoms with Gasteiger partial charge in [-0.3, -0.25) is 9.20 Å². The Kier molecular flexibility index (Phi) is 5.21. The molecule has 3 aromatic carbocycles. The van der Waals surface area contributed by atoms with Crippen LogP contribution in [-0.2, 0) is 4.79 Å². The largest absolute Gasteiger partial charge is 0.483 e. The molecule has 1 amide bonds. The Hall–Kier alpha value is -3.90. The summed E-state index contributed by atoms with van der Waals surface area (Å²) in [6, 6.07) is 25.4. The molecule has 0 unspecified atom stereocenters. The minimum Gasteiger partial charge on any atom is -0.483 e. The van der Waals surface area contributed by atoms with Crippen LogP contribution in [-0.4, -0.2) is 21.9 Å². The average molecular weight is 426 g/mol. The van der Waals surface area contributed by atoms with Crippen LogP contribution in [0.3, 0.4) is 0 Å². The van der Waals surface area contributed by atoms with Gasteiger partial charge in [-0.05, 0) is 23.8 Å². The van der Waals surface area contributed by atoms with E-state index in [0.29, 0.717) is 11.4 Å². The first-order valence-corrected chi connectivity index (χ1v) is 10.7. The molecule has 31 heavy (non-hydrogen) atoms. The Morgan fingerprint density at radius 3 is 2.65 bits per heavy atom. The molecule has 6 heteroatoms. The van der Waals surface area contributed by atoms with Gasteiger partial charge in [-0.1, -0.05) is 60.7 Å². The number of hydrogen-bond acceptors (Lipinski definition) is 4. The van der Waals surface area contributed by atoms with Crippen molar-refractivity contribution in [2.24, 2.45) is 0 Å². The summed E-state index contributed by atoms with van der Waals surface area (Å²) in [5.41, 5.74) is 4.53. The van der Waals surface area contributed by atoms with Crippen molar-refractivity contribution < 1.29 is 9.53 Å². The fourth-order valence-electron chi connectivity index (χ4n) is 3.41. The number of benzene rings is 3. The van der Waals surface area contributed by atoms with Crippen molar-refractivity contribution in [3.8, 4) is 28.1 Å². The number of nitrogens with zero attached hydrogens (tertiary/aromatic N) is 2. The zero-order valence-electron chi connectivity index (χ0n) is 16.6. The van der Waals surface area contributed by atoms with E-state index >= 15 is 0 Å². The average Bonchev–Trinajstić information content (AvgIpc) is 3.41. The highest BCUT2D eigenvalue weighted by Gasteiger charge is 2.10. The number of ether oxygens (including phenoxy) is 1. The summed E-state index contributed by atoms with van der Waals surface area (Å²) in [6.07, 6.45) is 3.96. The van der Waals surface area contributed by atoms with E-state index < -0.39 is 0 Å². The second-order valence-corrected chi connectivity index (χ2v) is 7.87. The molecule has 5 rings (SSSR count). The van der Waals surface area contributed by atoms with E-state index in [1.807, 2.05) is 101 Å². The summed E-state index contributed by atoms with van der Waals surface area (Å²) in [6.45, 7) is -0.0751. The van der Waals surface area contributed by atoms with Gasteiger partial charge in [-0.25, -0.2) is 4.98 Å². The predicted molar refractivity (Wildman–Crippen MR) is 125 cm³/mol. The molecule has 0 fully saturated rings. The minimum atomic E-state index is -0.217. The van der Waals surface area contributed by atoms with Gasteiger partial charge in [0.05, 0.1) is 5.69 Å². The maximum atomic E-state index is 12.5. The van der Waals surface area contributed by atoms with Crippen LogP contribution in [0.4, 0.5) is 5.69 Å². The Bertz CT molecular complexity index is 1310. The van der Waals surface area contributed by atoms with Crippen LogP contribution >= 0.6 is 11.3 Å². The Balaban J connectivity index is 1.27. The number of amides is 1. The molecule has 0 radical (unpaired) electrons. The first-order chi connectivity index (χ1) is 15.3. The number of para-hydroxylation sites is 1. The Morgan fingerprint density at radius 2 is 1.77 bits per heavy atom. The summed E-state index contributed by atoms with van der Waals surface area (Å²) in [4.78, 5) is 18.1. The standard InChI is InChI=1S/C25H19N3O2S/c29-24(17-30-23-12-5-4-11-21(23)18-7-2-1-3-8-18)26-20-10-6-9-19(15-20)22-16-28-13-14-31-25(28)27-22/h1-16H,17H2,(H,26,29). The lowest BCUT2D eigenvalue weighted by molar-refractivity contribution is -0.118. The molecular weight excluding hydrogens is 406 g/mol. The molecule has 0 saturated carbocycles. The van der Waals surface area contributed by atoms with Gasteiger partial charge in [0.25, 0.3) is 5.91 Å². The van der Waals surface area contributed by atoms with Crippen molar-refractivity contribution in [1.82, 2.24) is 9.38 Å². The van der Waals surface area contributed by atoms with Gasteiger partial charge < -0.3 is 10.1 Å². The zero-order chi connectivity index (χ0) is 21.0. The maximum absolute atomic E-state index is 12.5. The van der Waals surface area contributed by atoms with Gasteiger partial charge in [0, 0.05) is 34.6 Å². The van der Waals surface area contributed by atoms with Crippen molar-refractivity contribution in [2.75, 3.05) is 11.9 Å². The van der Waals surface area contributed by atoms with Crippen molar-refractivity contribution >= 4 is 27.9 Å². The normalized spacial score (nSPS) is 10.8. The number of thiazole rings is 1. The number of fused-ring (bicyclic) bond motifs is 1. The van der Waals surface area contributed by atoms with Gasteiger partial charge in [0.2, 0.25) is 0 Å². The highest BCUT2D eigenvalue weighted by Crippen LogP contribution is 2.29. The van der Waals surface area contributed by atoms with Gasteiger partial charge in [0.15, 0.2) is 11.6 Å². The molecule has 0 aliphatic rings. The van der Waals surface area contributed by atoms with E-state index in [2.05, 4.69) is 10.3 Å². The number of anilines is 1. The molecule has 1 N–H and O–H groups in total. The van der Waals surface area contributed by atoms with Crippen LogP contribution < -0.4 is 10.1 Å². The number of nitrogens with one attached hydrogen (secondary N) is 1. The highest BCUT2D eigenvalue weighted by molar-refractivity contribution is 7.15. The molecular formula is C25H19N3O2S. The molecule has 5 nitrogen and oxygen atoms in total. The molecule has 152 valence electrons. The van der Waals surface area contributed by atoms with Crippen molar-refractivity contribution in [3.63, 3.8) is 0 Å². The molecule has 0 saturated heterocycles. The minimum absolute atomic E-state index is 0.0751. The molecule has 5 aromatic rings. The lowest BCUT2D eigenvalue weighted by Crippen LogP contribution is -2.20. The summed E-state index contributed by atoms with van der Waals surface area (Å²) >= 11 is 1.59. The van der Waals surface area contributed by atoms with Crippen molar-refractivity contribution in [3.05, 3.63) is 96.6 Å². The van der Waals surface area contributed by atoms with E-state index in [4.69, 9.17) is 4.74 Å². The lowest BCUT2D eigenvalue weighted by atomic mass is 10.1. The van der Waals surface area contributed by atoms with Gasteiger partial charge >= 0.3 is 0 Å². The number of imidazole rings is 1. The van der Waals surface area contributed by atoms with Gasteiger partial charge in [-0.15, -0.1) is 11.3 Å². The molecule has 0 atom stereocenters. The number of rotatable bonds is 6. The maximum Gasteiger partial charge on any atom is 0.262 e. The van der Waals surface area contributed by atoms with Gasteiger partial charge in [-0.2, -0.15) is 0 Å². The number of aromatic nitrogens is 2. The summed E-state index contributed by atoms with van der Waals surface area (Å²) in [7, 11) is 0. The fraction of sp³-hybridized carbons (Fsp3) is 0.0400. The molecule has 0 aliphatic heterocycles. The second-order valence-electron chi connectivity index (χ2n) is 7.00. The molecule has 2 aromatic heterocycles. The fourth-order valence-corrected chi connectivity index (χ4v) is 4.11. The third kappa shape index (κ3) is 4.20. The van der Waals surface area contributed by atoms with Crippen LogP contribution in [0.5, 0.6) is 5.75 Å². The van der Waals surface area contributed by atoms with Crippen LogP contribution in [0.15, 0.2) is 96.6 Å². The van der Waals surface area contributed by atoms with E-state index in [-0.39, 0.29) is 12.5 Å². The van der Waals surface area contributed by atoms with E-state index in [1.54, 1.807) is 11.3 Å². The number of hydrogen-bond donors (Lipinski definition) is 1. The van der Waals surface area contributed by atoms with Gasteiger partial charge in [0.1, 0.15) is 5.75 Å². The van der Waals surface area contributed by atoms with Crippen LogP contribution in [0.25, 0.3) is 27.3 Å². The monoisotopic (exact) mass is 425 g/mol. The highest BCUT2D eigenvalue weighted by atomic mass is 32.1. The molecule has 2 heterocycles. The van der Waals surface area contributed by atoms with Crippen molar-refractivity contribution in [2.45, 2.75) is 0 Å². The van der Waals surface area contributed by atoms with E-state index in [9.17, 15) is 4.79 Å². The van der Waals surface area contributed by atoms with E-state index in [0.717, 1.165) is 27.3 Å². The van der Waals surface area contributed by atoms with E-state index in [1.165, 1.54) is 0 Å². The smallest absolute Gasteiger partial charge is 0.262 e. The summed E-state index contributed by atoms with van der Waals surface area (Å²) < 4.78 is 7.83. The lowest BCUT2D eigenvalue weighted by Gasteiger charge is -2.12. The predicted octanol–water partition coefficient (Wildman–Crippen LogP) is 5.75. The molecule has 0 aliphatic carbocycles. The van der Waals surface area contributed by atoms with Crippen molar-refractivity contribution in [1.29, 1.82) is 0 Å². The summed E-state index contributed by atoms with van der Waals surface area (Å²) in [5.74, 6) is 0.460. The third-order valence-corrected chi connectivity index (χ3v) is 5.64. The Labute approximate surface area is 183 Å². The number of carbonyl (C=O) groups excluding carboxylic acids is 1. The molecule has 0 spiro atoms. The third-order valence-electron chi connectivity index (χ3n) is 4.87. The van der Waals surface area contributed by atoms with Crippen LogP contribution in [0.1, 0.15) is 0 Å². The second kappa shape index (κ2) is 8.45. The van der Waals surface area contributed by atoms with Crippen LogP contribution in [0.2, 0.25) is 0 Å². The summed E-state index contributed by atoms with van der Waals surface area (Å²) in [5, 5.41) is 4.91. The SMILES string of the molecule is O=C(COc1ccccc1-c1ccccc1)Nc1cccc(-c2cn3ccsc3n2)c1. The Morgan fingerprint density at radius 1 is 0.968 bits per heavy atom. The quantitative estimate of drug-likeness (QED) is 0.377. The first-order valence-electron chi connectivity index (χ1n) is 9.86. The van der Waals surface area contributed by atoms with Crippen LogP contribution in [0, 0.1) is 0 Å². The number of carbonyl (C=O) groups is 1. The topological polar surface area (TPSA) is 55.6 Å². The first kappa shape index (κ1) is 19.1. The zero-order valence-corrected chi connectivity index (χ0v) is 17.4.